The summed E-state index contributed by atoms with van der Waals surface area (Å²) in [5, 5.41) is 2.45. The van der Waals surface area contributed by atoms with E-state index in [1.54, 1.807) is 0 Å². The highest BCUT2D eigenvalue weighted by Crippen LogP contribution is 2.28. The van der Waals surface area contributed by atoms with Crippen LogP contribution in [0.5, 0.6) is 5.75 Å². The van der Waals surface area contributed by atoms with Crippen molar-refractivity contribution in [2.75, 3.05) is 5.32 Å². The number of carbonyl (C=O) groups is 1. The van der Waals surface area contributed by atoms with Crippen LogP contribution in [0.1, 0.15) is 6.92 Å². The van der Waals surface area contributed by atoms with Crippen molar-refractivity contribution in [3.05, 3.63) is 23.2 Å². The lowest BCUT2D eigenvalue weighted by Crippen LogP contribution is -2.32. The Balaban J connectivity index is 2.78. The van der Waals surface area contributed by atoms with Crippen molar-refractivity contribution in [3.8, 4) is 5.75 Å². The van der Waals surface area contributed by atoms with Gasteiger partial charge in [-0.05, 0) is 25.1 Å². The quantitative estimate of drug-likeness (QED) is 0.876. The van der Waals surface area contributed by atoms with Crippen LogP contribution in [0.2, 0.25) is 5.02 Å². The van der Waals surface area contributed by atoms with Gasteiger partial charge in [0, 0.05) is 5.69 Å². The molecule has 0 bridgehead atoms. The summed E-state index contributed by atoms with van der Waals surface area (Å²) in [5.41, 5.74) is 5.71. The molecular formula is C10H11ClF2N2O2. The fourth-order valence-corrected chi connectivity index (χ4v) is 1.25. The average molecular weight is 265 g/mol. The molecule has 94 valence electrons. The molecule has 0 aliphatic carbocycles. The number of nitrogens with one attached hydrogen (secondary N) is 1. The smallest absolute Gasteiger partial charge is 0.387 e. The molecule has 4 nitrogen and oxygen atoms in total. The van der Waals surface area contributed by atoms with Crippen molar-refractivity contribution in [1.82, 2.24) is 0 Å². The van der Waals surface area contributed by atoms with E-state index in [0.29, 0.717) is 5.69 Å². The zero-order valence-corrected chi connectivity index (χ0v) is 9.67. The van der Waals surface area contributed by atoms with E-state index in [2.05, 4.69) is 10.1 Å². The molecule has 3 N–H and O–H groups in total. The van der Waals surface area contributed by atoms with Crippen LogP contribution in [0.25, 0.3) is 0 Å². The van der Waals surface area contributed by atoms with E-state index in [1.165, 1.54) is 25.1 Å². The number of hydrogen-bond donors (Lipinski definition) is 2. The normalized spacial score (nSPS) is 12.4. The molecule has 0 unspecified atom stereocenters. The number of nitrogens with two attached hydrogens (primary N) is 1. The molecule has 1 atom stereocenters. The zero-order valence-electron chi connectivity index (χ0n) is 8.91. The van der Waals surface area contributed by atoms with Crippen LogP contribution in [0, 0.1) is 0 Å². The Morgan fingerprint density at radius 3 is 2.65 bits per heavy atom. The molecule has 17 heavy (non-hydrogen) atoms. The Kier molecular flexibility index (Phi) is 4.65. The molecule has 0 saturated heterocycles. The second-order valence-corrected chi connectivity index (χ2v) is 3.71. The van der Waals surface area contributed by atoms with Crippen LogP contribution >= 0.6 is 11.6 Å². The number of benzene rings is 1. The van der Waals surface area contributed by atoms with E-state index < -0.39 is 18.6 Å². The first-order valence-electron chi connectivity index (χ1n) is 4.71. The number of amides is 1. The molecule has 1 aromatic carbocycles. The maximum atomic E-state index is 11.9. The number of anilines is 1. The summed E-state index contributed by atoms with van der Waals surface area (Å²) >= 11 is 5.70. The van der Waals surface area contributed by atoms with Gasteiger partial charge in [0.25, 0.3) is 0 Å². The monoisotopic (exact) mass is 264 g/mol. The SMILES string of the molecule is C[C@H](N)C(=O)Nc1ccc(OC(F)F)c(Cl)c1. The van der Waals surface area contributed by atoms with Gasteiger partial charge in [0.2, 0.25) is 5.91 Å². The second kappa shape index (κ2) is 5.79. The van der Waals surface area contributed by atoms with E-state index in [-0.39, 0.29) is 10.8 Å². The molecule has 1 amide bonds. The number of carbonyl (C=O) groups excluding carboxylic acids is 1. The van der Waals surface area contributed by atoms with Crippen LogP contribution in [0.3, 0.4) is 0 Å². The minimum absolute atomic E-state index is 0.0206. The molecule has 1 rings (SSSR count). The van der Waals surface area contributed by atoms with Crippen molar-refractivity contribution in [2.24, 2.45) is 5.73 Å². The number of hydrogen-bond acceptors (Lipinski definition) is 3. The summed E-state index contributed by atoms with van der Waals surface area (Å²) in [6.45, 7) is -1.43. The predicted octanol–water partition coefficient (Wildman–Crippen LogP) is 2.23. The maximum Gasteiger partial charge on any atom is 0.387 e. The van der Waals surface area contributed by atoms with E-state index in [4.69, 9.17) is 17.3 Å². The third-order valence-corrected chi connectivity index (χ3v) is 2.12. The minimum atomic E-state index is -2.95. The van der Waals surface area contributed by atoms with Gasteiger partial charge >= 0.3 is 6.61 Å². The Bertz CT molecular complexity index is 413. The van der Waals surface area contributed by atoms with Crippen LogP contribution in [-0.2, 0) is 4.79 Å². The molecule has 0 aliphatic heterocycles. The first-order chi connectivity index (χ1) is 7.90. The van der Waals surface area contributed by atoms with Crippen LogP contribution in [0.15, 0.2) is 18.2 Å². The van der Waals surface area contributed by atoms with Gasteiger partial charge in [-0.3, -0.25) is 4.79 Å². The third-order valence-electron chi connectivity index (χ3n) is 1.83. The Morgan fingerprint density at radius 2 is 2.18 bits per heavy atom. The fourth-order valence-electron chi connectivity index (χ4n) is 1.03. The number of rotatable bonds is 4. The molecule has 0 aliphatic rings. The van der Waals surface area contributed by atoms with Crippen molar-refractivity contribution in [2.45, 2.75) is 19.6 Å². The van der Waals surface area contributed by atoms with Crippen molar-refractivity contribution < 1.29 is 18.3 Å². The number of alkyl halides is 2. The van der Waals surface area contributed by atoms with Crippen molar-refractivity contribution in [1.29, 1.82) is 0 Å². The molecule has 0 fully saturated rings. The average Bonchev–Trinajstić information content (AvgIpc) is 2.21. The van der Waals surface area contributed by atoms with Crippen LogP contribution in [-0.4, -0.2) is 18.6 Å². The summed E-state index contributed by atoms with van der Waals surface area (Å²) in [4.78, 5) is 11.3. The second-order valence-electron chi connectivity index (χ2n) is 3.30. The molecule has 1 aromatic rings. The lowest BCUT2D eigenvalue weighted by molar-refractivity contribution is -0.117. The van der Waals surface area contributed by atoms with Crippen LogP contribution < -0.4 is 15.8 Å². The highest BCUT2D eigenvalue weighted by atomic mass is 35.5. The Morgan fingerprint density at radius 1 is 1.53 bits per heavy atom. The lowest BCUT2D eigenvalue weighted by atomic mass is 10.2. The van der Waals surface area contributed by atoms with Gasteiger partial charge in [-0.1, -0.05) is 11.6 Å². The van der Waals surface area contributed by atoms with E-state index >= 15 is 0 Å². The van der Waals surface area contributed by atoms with Gasteiger partial charge in [-0.2, -0.15) is 8.78 Å². The van der Waals surface area contributed by atoms with Crippen LogP contribution in [0.4, 0.5) is 14.5 Å². The third kappa shape index (κ3) is 4.16. The molecular weight excluding hydrogens is 254 g/mol. The lowest BCUT2D eigenvalue weighted by Gasteiger charge is -2.10. The molecule has 0 saturated carbocycles. The summed E-state index contributed by atoms with van der Waals surface area (Å²) < 4.78 is 28.0. The van der Waals surface area contributed by atoms with Crippen molar-refractivity contribution >= 4 is 23.2 Å². The first kappa shape index (κ1) is 13.7. The first-order valence-corrected chi connectivity index (χ1v) is 5.08. The number of ether oxygens (including phenoxy) is 1. The van der Waals surface area contributed by atoms with Gasteiger partial charge in [0.1, 0.15) is 5.75 Å². The summed E-state index contributed by atoms with van der Waals surface area (Å²) in [6.07, 6.45) is 0. The Labute approximate surface area is 102 Å². The van der Waals surface area contributed by atoms with E-state index in [1.807, 2.05) is 0 Å². The van der Waals surface area contributed by atoms with Gasteiger partial charge in [0.05, 0.1) is 11.1 Å². The highest BCUT2D eigenvalue weighted by Gasteiger charge is 2.11. The maximum absolute atomic E-state index is 11.9. The minimum Gasteiger partial charge on any atom is -0.433 e. The number of halogens is 3. The van der Waals surface area contributed by atoms with Crippen molar-refractivity contribution in [3.63, 3.8) is 0 Å². The highest BCUT2D eigenvalue weighted by molar-refractivity contribution is 6.32. The topological polar surface area (TPSA) is 64.4 Å². The standard InChI is InChI=1S/C10H11ClF2N2O2/c1-5(14)9(16)15-6-2-3-8(7(11)4-6)17-10(12)13/h2-5,10H,14H2,1H3,(H,15,16)/t5-/m0/s1. The Hall–Kier alpha value is -1.40. The molecule has 0 heterocycles. The summed E-state index contributed by atoms with van der Waals surface area (Å²) in [5.74, 6) is -0.552. The van der Waals surface area contributed by atoms with E-state index in [0.717, 1.165) is 0 Å². The largest absolute Gasteiger partial charge is 0.433 e. The summed E-state index contributed by atoms with van der Waals surface area (Å²) in [6, 6.07) is 3.26. The molecule has 0 spiro atoms. The predicted molar refractivity (Wildman–Crippen MR) is 60.4 cm³/mol. The van der Waals surface area contributed by atoms with Gasteiger partial charge < -0.3 is 15.8 Å². The molecule has 0 aromatic heterocycles. The molecule has 7 heteroatoms. The fraction of sp³-hybridized carbons (Fsp3) is 0.300. The van der Waals surface area contributed by atoms with Gasteiger partial charge in [-0.25, -0.2) is 0 Å². The zero-order chi connectivity index (χ0) is 13.0. The van der Waals surface area contributed by atoms with Gasteiger partial charge in [0.15, 0.2) is 0 Å². The summed E-state index contributed by atoms with van der Waals surface area (Å²) in [7, 11) is 0. The van der Waals surface area contributed by atoms with Gasteiger partial charge in [-0.15, -0.1) is 0 Å². The molecule has 0 radical (unpaired) electrons. The van der Waals surface area contributed by atoms with E-state index in [9.17, 15) is 13.6 Å².